The van der Waals surface area contributed by atoms with Crippen molar-refractivity contribution in [2.75, 3.05) is 19.4 Å². The lowest BCUT2D eigenvalue weighted by atomic mass is 10.1. The molecule has 0 saturated carbocycles. The van der Waals surface area contributed by atoms with Gasteiger partial charge in [-0.1, -0.05) is 24.3 Å². The van der Waals surface area contributed by atoms with Crippen LogP contribution in [0.1, 0.15) is 27.9 Å². The molecule has 0 fully saturated rings. The van der Waals surface area contributed by atoms with Crippen LogP contribution in [0.15, 0.2) is 63.5 Å². The summed E-state index contributed by atoms with van der Waals surface area (Å²) in [6.07, 6.45) is 0.800. The molecule has 0 saturated heterocycles. The quantitative estimate of drug-likeness (QED) is 0.0906. The fraction of sp³-hybridized carbons (Fsp3) is 0.185. The molecule has 0 radical (unpaired) electrons. The molecule has 0 bridgehead atoms. The zero-order valence-electron chi connectivity index (χ0n) is 20.6. The Morgan fingerprint density at radius 1 is 1.05 bits per heavy atom. The second kappa shape index (κ2) is 11.8. The van der Waals surface area contributed by atoms with Crippen molar-refractivity contribution in [2.24, 2.45) is 5.73 Å². The van der Waals surface area contributed by atoms with Crippen molar-refractivity contribution in [3.63, 3.8) is 0 Å². The fourth-order valence-corrected chi connectivity index (χ4v) is 5.30. The molecular weight excluding hydrogens is 616 g/mol. The number of fused-ring (bicyclic) bond motifs is 1. The molecule has 4 aromatic rings. The largest absolute Gasteiger partial charge is 0.469 e. The third-order valence-corrected chi connectivity index (χ3v) is 7.38. The van der Waals surface area contributed by atoms with Crippen LogP contribution in [0.25, 0.3) is 22.4 Å². The summed E-state index contributed by atoms with van der Waals surface area (Å²) < 4.78 is 8.36. The molecule has 0 aliphatic heterocycles. The van der Waals surface area contributed by atoms with Gasteiger partial charge < -0.3 is 26.1 Å². The summed E-state index contributed by atoms with van der Waals surface area (Å²) in [7, 11) is 1.31. The van der Waals surface area contributed by atoms with E-state index in [0.29, 0.717) is 35.3 Å². The minimum atomic E-state index is -0.389. The Bertz CT molecular complexity index is 1510. The molecule has 3 aromatic carbocycles. The predicted octanol–water partition coefficient (Wildman–Crippen LogP) is 4.63. The SMILES string of the molecule is COC(=O)CCNC(=O)c1ccc2c(c1)nc(-c1ccc(C(=N)N)cc1)n2CCc1cc(Br)c(N)c(Br)c1. The van der Waals surface area contributed by atoms with Gasteiger partial charge in [-0.25, -0.2) is 4.98 Å². The van der Waals surface area contributed by atoms with Crippen molar-refractivity contribution < 1.29 is 14.3 Å². The Kier molecular flexibility index (Phi) is 8.48. The van der Waals surface area contributed by atoms with Gasteiger partial charge in [0.1, 0.15) is 11.7 Å². The van der Waals surface area contributed by atoms with Crippen LogP contribution in [0, 0.1) is 5.41 Å². The second-order valence-electron chi connectivity index (χ2n) is 8.59. The number of rotatable bonds is 9. The van der Waals surface area contributed by atoms with Gasteiger partial charge in [0.25, 0.3) is 5.91 Å². The molecule has 1 heterocycles. The lowest BCUT2D eigenvalue weighted by Crippen LogP contribution is -2.26. The maximum Gasteiger partial charge on any atom is 0.307 e. The highest BCUT2D eigenvalue weighted by Crippen LogP contribution is 2.31. The summed E-state index contributed by atoms with van der Waals surface area (Å²) in [5, 5.41) is 10.4. The van der Waals surface area contributed by atoms with E-state index < -0.39 is 0 Å². The summed E-state index contributed by atoms with van der Waals surface area (Å²) in [6, 6.07) is 16.7. The minimum Gasteiger partial charge on any atom is -0.469 e. The molecule has 9 nitrogen and oxygen atoms in total. The third kappa shape index (κ3) is 6.05. The van der Waals surface area contributed by atoms with Gasteiger partial charge in [-0.3, -0.25) is 15.0 Å². The van der Waals surface area contributed by atoms with Crippen LogP contribution in [-0.2, 0) is 22.5 Å². The van der Waals surface area contributed by atoms with E-state index >= 15 is 0 Å². The van der Waals surface area contributed by atoms with Gasteiger partial charge in [0.2, 0.25) is 0 Å². The van der Waals surface area contributed by atoms with E-state index in [1.54, 1.807) is 24.3 Å². The van der Waals surface area contributed by atoms with Crippen molar-refractivity contribution in [3.8, 4) is 11.4 Å². The van der Waals surface area contributed by atoms with Crippen molar-refractivity contribution in [1.29, 1.82) is 5.41 Å². The number of nitrogen functional groups attached to an aromatic ring is 2. The molecule has 0 atom stereocenters. The highest BCUT2D eigenvalue weighted by Gasteiger charge is 2.16. The molecule has 0 aliphatic rings. The highest BCUT2D eigenvalue weighted by atomic mass is 79.9. The van der Waals surface area contributed by atoms with Crippen LogP contribution in [0.2, 0.25) is 0 Å². The first-order chi connectivity index (χ1) is 18.2. The van der Waals surface area contributed by atoms with Gasteiger partial charge in [0, 0.05) is 38.7 Å². The van der Waals surface area contributed by atoms with Crippen LogP contribution in [0.4, 0.5) is 5.69 Å². The van der Waals surface area contributed by atoms with Gasteiger partial charge in [-0.05, 0) is 74.2 Å². The van der Waals surface area contributed by atoms with E-state index in [2.05, 4.69) is 46.5 Å². The van der Waals surface area contributed by atoms with E-state index in [-0.39, 0.29) is 30.7 Å². The van der Waals surface area contributed by atoms with Gasteiger partial charge in [-0.15, -0.1) is 0 Å². The van der Waals surface area contributed by atoms with Crippen LogP contribution in [0.3, 0.4) is 0 Å². The van der Waals surface area contributed by atoms with E-state index in [1.165, 1.54) is 7.11 Å². The van der Waals surface area contributed by atoms with Crippen LogP contribution >= 0.6 is 31.9 Å². The first-order valence-corrected chi connectivity index (χ1v) is 13.3. The number of amides is 1. The number of anilines is 1. The Morgan fingerprint density at radius 2 is 1.71 bits per heavy atom. The Morgan fingerprint density at radius 3 is 2.34 bits per heavy atom. The number of amidine groups is 1. The lowest BCUT2D eigenvalue weighted by molar-refractivity contribution is -0.140. The number of hydrogen-bond donors (Lipinski definition) is 4. The number of carbonyl (C=O) groups is 2. The van der Waals surface area contributed by atoms with Crippen molar-refractivity contribution in [3.05, 3.63) is 80.2 Å². The van der Waals surface area contributed by atoms with E-state index in [1.807, 2.05) is 30.3 Å². The Balaban J connectivity index is 1.68. The third-order valence-electron chi connectivity index (χ3n) is 6.07. The highest BCUT2D eigenvalue weighted by molar-refractivity contribution is 9.11. The number of nitrogens with zero attached hydrogens (tertiary/aromatic N) is 2. The fourth-order valence-electron chi connectivity index (χ4n) is 4.02. The monoisotopic (exact) mass is 640 g/mol. The van der Waals surface area contributed by atoms with Crippen molar-refractivity contribution in [1.82, 2.24) is 14.9 Å². The van der Waals surface area contributed by atoms with E-state index in [0.717, 1.165) is 31.4 Å². The topological polar surface area (TPSA) is 149 Å². The Hall–Kier alpha value is -3.70. The maximum atomic E-state index is 12.7. The summed E-state index contributed by atoms with van der Waals surface area (Å²) >= 11 is 7.02. The van der Waals surface area contributed by atoms with Gasteiger partial charge in [-0.2, -0.15) is 0 Å². The zero-order chi connectivity index (χ0) is 27.4. The molecule has 0 unspecified atom stereocenters. The molecule has 11 heteroatoms. The van der Waals surface area contributed by atoms with Crippen LogP contribution < -0.4 is 16.8 Å². The number of carbonyl (C=O) groups excluding carboxylic acids is 2. The number of methoxy groups -OCH3 is 1. The van der Waals surface area contributed by atoms with E-state index in [4.69, 9.17) is 21.9 Å². The second-order valence-corrected chi connectivity index (χ2v) is 10.3. The average molecular weight is 642 g/mol. The number of aromatic nitrogens is 2. The molecule has 196 valence electrons. The lowest BCUT2D eigenvalue weighted by Gasteiger charge is -2.12. The standard InChI is InChI=1S/C27H26Br2N6O3/c1-38-23(36)8-10-33-27(37)18-6-7-22-21(14-18)34-26(17-4-2-16(3-5-17)25(31)32)35(22)11-9-15-12-19(28)24(30)20(29)13-15/h2-7,12-14H,8-11,30H2,1H3,(H3,31,32)(H,33,37). The first kappa shape index (κ1) is 27.3. The molecule has 1 amide bonds. The molecule has 0 spiro atoms. The summed E-state index contributed by atoms with van der Waals surface area (Å²) in [5.41, 5.74) is 16.9. The zero-order valence-corrected chi connectivity index (χ0v) is 23.7. The number of imidazole rings is 1. The van der Waals surface area contributed by atoms with Crippen LogP contribution in [-0.4, -0.2) is 40.9 Å². The molecule has 6 N–H and O–H groups in total. The number of nitrogens with one attached hydrogen (secondary N) is 2. The van der Waals surface area contributed by atoms with Crippen molar-refractivity contribution in [2.45, 2.75) is 19.4 Å². The Labute approximate surface area is 236 Å². The number of halogens is 2. The number of hydrogen-bond acceptors (Lipinski definition) is 6. The summed E-state index contributed by atoms with van der Waals surface area (Å²) in [6.45, 7) is 0.798. The van der Waals surface area contributed by atoms with Gasteiger partial charge in [0.05, 0.1) is 30.3 Å². The summed E-state index contributed by atoms with van der Waals surface area (Å²) in [4.78, 5) is 28.9. The minimum absolute atomic E-state index is 0.00703. The average Bonchev–Trinajstić information content (AvgIpc) is 3.27. The van der Waals surface area contributed by atoms with Crippen molar-refractivity contribution >= 4 is 66.3 Å². The molecular formula is C27H26Br2N6O3. The predicted molar refractivity (Wildman–Crippen MR) is 155 cm³/mol. The molecule has 0 aliphatic carbocycles. The summed E-state index contributed by atoms with van der Waals surface area (Å²) in [5.74, 6) is 0.0359. The maximum absolute atomic E-state index is 12.7. The number of aryl methyl sites for hydroxylation is 2. The van der Waals surface area contributed by atoms with Crippen LogP contribution in [0.5, 0.6) is 0 Å². The number of esters is 1. The smallest absolute Gasteiger partial charge is 0.307 e. The number of benzene rings is 3. The normalized spacial score (nSPS) is 10.9. The van der Waals surface area contributed by atoms with E-state index in [9.17, 15) is 9.59 Å². The molecule has 4 rings (SSSR count). The number of ether oxygens (including phenoxy) is 1. The van der Waals surface area contributed by atoms with Gasteiger partial charge >= 0.3 is 5.97 Å². The molecule has 38 heavy (non-hydrogen) atoms. The number of nitrogens with two attached hydrogens (primary N) is 2. The first-order valence-electron chi connectivity index (χ1n) is 11.7. The van der Waals surface area contributed by atoms with Gasteiger partial charge in [0.15, 0.2) is 0 Å². The molecule has 1 aromatic heterocycles.